The molecule has 5 heteroatoms. The Morgan fingerprint density at radius 2 is 1.86 bits per heavy atom. The number of halogens is 2. The number of nitrogens with one attached hydrogen (secondary N) is 1. The van der Waals surface area contributed by atoms with Gasteiger partial charge in [0.15, 0.2) is 0 Å². The number of thioether (sulfide) groups is 1. The molecule has 110 valence electrons. The Morgan fingerprint density at radius 3 is 2.62 bits per heavy atom. The zero-order valence-electron chi connectivity index (χ0n) is 11.3. The molecule has 0 saturated carbocycles. The summed E-state index contributed by atoms with van der Waals surface area (Å²) < 4.78 is 13.4. The Morgan fingerprint density at radius 1 is 1.14 bits per heavy atom. The zero-order chi connectivity index (χ0) is 15.1. The largest absolute Gasteiger partial charge is 0.352 e. The van der Waals surface area contributed by atoms with Gasteiger partial charge in [0.1, 0.15) is 5.82 Å². The first-order valence-corrected chi connectivity index (χ1v) is 7.90. The van der Waals surface area contributed by atoms with Gasteiger partial charge in [-0.1, -0.05) is 41.9 Å². The molecule has 2 nitrogen and oxygen atoms in total. The Bertz CT molecular complexity index is 621. The average molecular weight is 324 g/mol. The van der Waals surface area contributed by atoms with Crippen molar-refractivity contribution in [2.24, 2.45) is 0 Å². The van der Waals surface area contributed by atoms with Gasteiger partial charge in [-0.15, -0.1) is 11.8 Å². The van der Waals surface area contributed by atoms with Gasteiger partial charge in [-0.05, 0) is 18.2 Å². The third-order valence-electron chi connectivity index (χ3n) is 2.86. The van der Waals surface area contributed by atoms with Crippen LogP contribution in [0.1, 0.15) is 12.0 Å². The van der Waals surface area contributed by atoms with Crippen molar-refractivity contribution in [1.29, 1.82) is 0 Å². The third-order valence-corrected chi connectivity index (χ3v) is 4.37. The van der Waals surface area contributed by atoms with E-state index in [0.29, 0.717) is 22.8 Å². The van der Waals surface area contributed by atoms with Crippen LogP contribution in [0.2, 0.25) is 5.02 Å². The molecule has 2 aromatic rings. The average Bonchev–Trinajstić information content (AvgIpc) is 2.48. The molecule has 2 aromatic carbocycles. The van der Waals surface area contributed by atoms with Gasteiger partial charge in [0.25, 0.3) is 0 Å². The molecule has 0 aliphatic heterocycles. The minimum absolute atomic E-state index is 0.0993. The van der Waals surface area contributed by atoms with Gasteiger partial charge >= 0.3 is 0 Å². The summed E-state index contributed by atoms with van der Waals surface area (Å²) >= 11 is 7.57. The van der Waals surface area contributed by atoms with E-state index in [2.05, 4.69) is 5.32 Å². The van der Waals surface area contributed by atoms with Crippen LogP contribution in [0.3, 0.4) is 0 Å². The maximum atomic E-state index is 13.4. The predicted molar refractivity (Wildman–Crippen MR) is 85.0 cm³/mol. The Kier molecular flexibility index (Phi) is 6.08. The summed E-state index contributed by atoms with van der Waals surface area (Å²) in [6.07, 6.45) is 0.365. The molecule has 0 aromatic heterocycles. The van der Waals surface area contributed by atoms with Gasteiger partial charge in [0, 0.05) is 29.2 Å². The second-order valence-electron chi connectivity index (χ2n) is 4.40. The van der Waals surface area contributed by atoms with E-state index in [0.717, 1.165) is 4.90 Å². The molecule has 1 amide bonds. The quantitative estimate of drug-likeness (QED) is 0.804. The van der Waals surface area contributed by atoms with Crippen LogP contribution in [0.4, 0.5) is 4.39 Å². The third kappa shape index (κ3) is 5.06. The molecule has 2 rings (SSSR count). The van der Waals surface area contributed by atoms with Crippen molar-refractivity contribution in [2.45, 2.75) is 17.9 Å². The van der Waals surface area contributed by atoms with E-state index in [9.17, 15) is 9.18 Å². The number of benzene rings is 2. The summed E-state index contributed by atoms with van der Waals surface area (Å²) in [5, 5.41) is 3.40. The number of hydrogen-bond acceptors (Lipinski definition) is 2. The van der Waals surface area contributed by atoms with E-state index < -0.39 is 0 Å². The van der Waals surface area contributed by atoms with Crippen LogP contribution in [0.15, 0.2) is 53.4 Å². The van der Waals surface area contributed by atoms with Crippen molar-refractivity contribution in [3.05, 3.63) is 64.9 Å². The highest BCUT2D eigenvalue weighted by Gasteiger charge is 2.06. The highest BCUT2D eigenvalue weighted by Crippen LogP contribution is 2.26. The van der Waals surface area contributed by atoms with Gasteiger partial charge in [-0.3, -0.25) is 4.79 Å². The molecule has 0 atom stereocenters. The molecule has 0 unspecified atom stereocenters. The number of hydrogen-bond donors (Lipinski definition) is 1. The molecule has 0 radical (unpaired) electrons. The van der Waals surface area contributed by atoms with E-state index in [-0.39, 0.29) is 18.3 Å². The topological polar surface area (TPSA) is 29.1 Å². The minimum Gasteiger partial charge on any atom is -0.352 e. The second kappa shape index (κ2) is 8.05. The first-order valence-electron chi connectivity index (χ1n) is 6.54. The summed E-state index contributed by atoms with van der Waals surface area (Å²) in [4.78, 5) is 12.7. The summed E-state index contributed by atoms with van der Waals surface area (Å²) in [6, 6.07) is 13.9. The van der Waals surface area contributed by atoms with Crippen molar-refractivity contribution < 1.29 is 9.18 Å². The lowest BCUT2D eigenvalue weighted by molar-refractivity contribution is -0.120. The summed E-state index contributed by atoms with van der Waals surface area (Å²) in [6.45, 7) is 0.211. The van der Waals surface area contributed by atoms with Crippen LogP contribution in [0.5, 0.6) is 0 Å². The fraction of sp³-hybridized carbons (Fsp3) is 0.188. The van der Waals surface area contributed by atoms with E-state index in [1.54, 1.807) is 18.2 Å². The number of rotatable bonds is 6. The summed E-state index contributed by atoms with van der Waals surface area (Å²) in [5.74, 6) is 0.230. The monoisotopic (exact) mass is 323 g/mol. The van der Waals surface area contributed by atoms with Crippen molar-refractivity contribution >= 4 is 29.3 Å². The molecular formula is C16H15ClFNOS. The summed E-state index contributed by atoms with van der Waals surface area (Å²) in [5.41, 5.74) is 0.490. The van der Waals surface area contributed by atoms with E-state index in [1.165, 1.54) is 17.8 Å². The lowest BCUT2D eigenvalue weighted by Gasteiger charge is -2.07. The van der Waals surface area contributed by atoms with Crippen molar-refractivity contribution in [1.82, 2.24) is 5.32 Å². The zero-order valence-corrected chi connectivity index (χ0v) is 12.9. The van der Waals surface area contributed by atoms with Gasteiger partial charge in [0.05, 0.1) is 5.02 Å². The van der Waals surface area contributed by atoms with Crippen LogP contribution in [-0.2, 0) is 11.3 Å². The molecule has 0 aliphatic rings. The Labute approximate surface area is 132 Å². The first-order chi connectivity index (χ1) is 10.2. The van der Waals surface area contributed by atoms with Gasteiger partial charge in [-0.2, -0.15) is 0 Å². The molecule has 0 heterocycles. The first kappa shape index (κ1) is 15.9. The van der Waals surface area contributed by atoms with Crippen LogP contribution in [0.25, 0.3) is 0 Å². The maximum absolute atomic E-state index is 13.4. The Balaban J connectivity index is 1.73. The van der Waals surface area contributed by atoms with Crippen LogP contribution < -0.4 is 5.32 Å². The fourth-order valence-corrected chi connectivity index (χ4v) is 2.93. The minimum atomic E-state index is -0.303. The van der Waals surface area contributed by atoms with Crippen LogP contribution in [-0.4, -0.2) is 11.7 Å². The van der Waals surface area contributed by atoms with Gasteiger partial charge < -0.3 is 5.32 Å². The highest BCUT2D eigenvalue weighted by atomic mass is 35.5. The lowest BCUT2D eigenvalue weighted by Crippen LogP contribution is -2.23. The standard InChI is InChI=1S/C16H15ClFNOS/c17-13-6-2-4-8-15(13)21-10-9-16(20)19-11-12-5-1-3-7-14(12)18/h1-8H,9-11H2,(H,19,20). The van der Waals surface area contributed by atoms with Crippen LogP contribution >= 0.6 is 23.4 Å². The number of amides is 1. The molecule has 0 bridgehead atoms. The highest BCUT2D eigenvalue weighted by molar-refractivity contribution is 7.99. The van der Waals surface area contributed by atoms with E-state index in [4.69, 9.17) is 11.6 Å². The smallest absolute Gasteiger partial charge is 0.221 e. The molecule has 0 aliphatic carbocycles. The molecule has 0 saturated heterocycles. The number of carbonyl (C=O) groups is 1. The predicted octanol–water partition coefficient (Wildman–Crippen LogP) is 4.28. The maximum Gasteiger partial charge on any atom is 0.221 e. The normalized spacial score (nSPS) is 10.4. The summed E-state index contributed by atoms with van der Waals surface area (Å²) in [7, 11) is 0. The molecule has 0 spiro atoms. The van der Waals surface area contributed by atoms with Crippen molar-refractivity contribution in [3.63, 3.8) is 0 Å². The van der Waals surface area contributed by atoms with Gasteiger partial charge in [0.2, 0.25) is 5.91 Å². The SMILES string of the molecule is O=C(CCSc1ccccc1Cl)NCc1ccccc1F. The molecular weight excluding hydrogens is 309 g/mol. The van der Waals surface area contributed by atoms with Crippen molar-refractivity contribution in [3.8, 4) is 0 Å². The fourth-order valence-electron chi connectivity index (χ4n) is 1.74. The second-order valence-corrected chi connectivity index (χ2v) is 5.94. The molecule has 21 heavy (non-hydrogen) atoms. The Hall–Kier alpha value is -1.52. The van der Waals surface area contributed by atoms with Crippen molar-refractivity contribution in [2.75, 3.05) is 5.75 Å². The number of carbonyl (C=O) groups excluding carboxylic acids is 1. The van der Waals surface area contributed by atoms with E-state index >= 15 is 0 Å². The molecule has 0 fully saturated rings. The van der Waals surface area contributed by atoms with Crippen LogP contribution in [0, 0.1) is 5.82 Å². The lowest BCUT2D eigenvalue weighted by atomic mass is 10.2. The van der Waals surface area contributed by atoms with E-state index in [1.807, 2.05) is 24.3 Å². The molecule has 1 N–H and O–H groups in total. The van der Waals surface area contributed by atoms with Gasteiger partial charge in [-0.25, -0.2) is 4.39 Å².